The Bertz CT molecular complexity index is 1140. The van der Waals surface area contributed by atoms with Gasteiger partial charge in [-0.3, -0.25) is 14.4 Å². The molecular weight excluding hydrogens is 474 g/mol. The minimum Gasteiger partial charge on any atom is -0.368 e. The molecule has 0 radical (unpaired) electrons. The normalized spacial score (nSPS) is 19.6. The van der Waals surface area contributed by atoms with Crippen molar-refractivity contribution in [3.63, 3.8) is 0 Å². The van der Waals surface area contributed by atoms with Crippen molar-refractivity contribution in [2.75, 3.05) is 32.7 Å². The number of carbonyl (C=O) groups excluding carboxylic acids is 4. The van der Waals surface area contributed by atoms with E-state index in [-0.39, 0.29) is 43.4 Å². The first kappa shape index (κ1) is 26.5. The summed E-state index contributed by atoms with van der Waals surface area (Å²) >= 11 is 0. The summed E-state index contributed by atoms with van der Waals surface area (Å²) < 4.78 is 0. The standard InChI is InChI=1S/C26H37N7O4/c1-16(2)30-26(37)32-11-12-33(25(36)17-7-9-28-10-8-17)22(15-32)24(35)31-21(23(27)34)13-18-14-29-20-6-4-3-5-19(18)20/h3-6,14,16-17,21-22,28-29H,7-13,15H2,1-2H3,(H2,27,34)(H,30,37)(H,31,35)/t21-,22-/m1/s1. The van der Waals surface area contributed by atoms with Gasteiger partial charge in [-0.25, -0.2) is 4.79 Å². The van der Waals surface area contributed by atoms with Crippen LogP contribution in [0.4, 0.5) is 4.79 Å². The van der Waals surface area contributed by atoms with Crippen LogP contribution in [0.3, 0.4) is 0 Å². The number of aromatic amines is 1. The fraction of sp³-hybridized carbons (Fsp3) is 0.538. The number of H-pyrrole nitrogens is 1. The zero-order valence-corrected chi connectivity index (χ0v) is 21.5. The summed E-state index contributed by atoms with van der Waals surface area (Å²) in [5.74, 6) is -1.42. The van der Waals surface area contributed by atoms with Crippen molar-refractivity contribution < 1.29 is 19.2 Å². The molecule has 2 saturated heterocycles. The summed E-state index contributed by atoms with van der Waals surface area (Å²) in [6, 6.07) is 5.44. The van der Waals surface area contributed by atoms with E-state index in [1.165, 1.54) is 0 Å². The molecule has 0 bridgehead atoms. The van der Waals surface area contributed by atoms with Crippen molar-refractivity contribution in [3.05, 3.63) is 36.0 Å². The van der Waals surface area contributed by atoms with Crippen molar-refractivity contribution in [2.45, 2.75) is 51.2 Å². The molecule has 2 aliphatic heterocycles. The molecule has 0 saturated carbocycles. The lowest BCUT2D eigenvalue weighted by Crippen LogP contribution is -2.65. The Morgan fingerprint density at radius 3 is 2.51 bits per heavy atom. The lowest BCUT2D eigenvalue weighted by Gasteiger charge is -2.42. The Labute approximate surface area is 216 Å². The summed E-state index contributed by atoms with van der Waals surface area (Å²) in [6.07, 6.45) is 3.41. The number of primary amides is 1. The van der Waals surface area contributed by atoms with Gasteiger partial charge in [0.1, 0.15) is 12.1 Å². The highest BCUT2D eigenvalue weighted by Crippen LogP contribution is 2.22. The van der Waals surface area contributed by atoms with Crippen LogP contribution in [0.25, 0.3) is 10.9 Å². The van der Waals surface area contributed by atoms with Crippen molar-refractivity contribution in [1.29, 1.82) is 0 Å². The molecular formula is C26H37N7O4. The molecule has 2 aromatic rings. The fourth-order valence-corrected chi connectivity index (χ4v) is 5.11. The largest absolute Gasteiger partial charge is 0.368 e. The van der Waals surface area contributed by atoms with Gasteiger partial charge < -0.3 is 36.5 Å². The molecule has 5 amide bonds. The van der Waals surface area contributed by atoms with E-state index in [4.69, 9.17) is 5.73 Å². The topological polar surface area (TPSA) is 153 Å². The number of para-hydroxylation sites is 1. The number of fused-ring (bicyclic) bond motifs is 1. The SMILES string of the molecule is CC(C)NC(=O)N1CCN(C(=O)C2CCNCC2)[C@@H](C(=O)N[C@H](Cc2c[nH]c3ccccc23)C(N)=O)C1. The van der Waals surface area contributed by atoms with E-state index in [1.807, 2.05) is 38.1 Å². The highest BCUT2D eigenvalue weighted by Gasteiger charge is 2.40. The van der Waals surface area contributed by atoms with Gasteiger partial charge in [0.05, 0.1) is 6.54 Å². The second-order valence-electron chi connectivity index (χ2n) is 10.1. The van der Waals surface area contributed by atoms with Crippen molar-refractivity contribution in [2.24, 2.45) is 11.7 Å². The molecule has 200 valence electrons. The van der Waals surface area contributed by atoms with E-state index in [0.717, 1.165) is 29.6 Å². The maximum absolute atomic E-state index is 13.6. The molecule has 4 rings (SSSR count). The van der Waals surface area contributed by atoms with Crippen LogP contribution in [0, 0.1) is 5.92 Å². The maximum atomic E-state index is 13.6. The third-order valence-electron chi connectivity index (χ3n) is 7.11. The Kier molecular flexibility index (Phi) is 8.32. The summed E-state index contributed by atoms with van der Waals surface area (Å²) in [7, 11) is 0. The lowest BCUT2D eigenvalue weighted by atomic mass is 9.95. The zero-order valence-electron chi connectivity index (χ0n) is 21.5. The Hall–Kier alpha value is -3.60. The number of piperidine rings is 1. The van der Waals surface area contributed by atoms with E-state index < -0.39 is 23.9 Å². The number of rotatable bonds is 7. The van der Waals surface area contributed by atoms with Crippen molar-refractivity contribution in [1.82, 2.24) is 30.7 Å². The van der Waals surface area contributed by atoms with Gasteiger partial charge in [0, 0.05) is 48.6 Å². The molecule has 0 unspecified atom stereocenters. The first-order valence-corrected chi connectivity index (χ1v) is 13.0. The third kappa shape index (κ3) is 6.22. The molecule has 0 aliphatic carbocycles. The fourth-order valence-electron chi connectivity index (χ4n) is 5.11. The number of nitrogens with one attached hydrogen (secondary N) is 4. The number of urea groups is 1. The number of hydrogen-bond donors (Lipinski definition) is 5. The Morgan fingerprint density at radius 1 is 1.08 bits per heavy atom. The number of benzene rings is 1. The number of nitrogens with zero attached hydrogens (tertiary/aromatic N) is 2. The number of amides is 5. The van der Waals surface area contributed by atoms with Crippen molar-refractivity contribution >= 4 is 34.7 Å². The highest BCUT2D eigenvalue weighted by atomic mass is 16.2. The van der Waals surface area contributed by atoms with Crippen LogP contribution in [0.5, 0.6) is 0 Å². The van der Waals surface area contributed by atoms with Gasteiger partial charge in [-0.15, -0.1) is 0 Å². The van der Waals surface area contributed by atoms with Crippen LogP contribution >= 0.6 is 0 Å². The second kappa shape index (κ2) is 11.6. The number of carbonyl (C=O) groups is 4. The summed E-state index contributed by atoms with van der Waals surface area (Å²) in [6.45, 7) is 5.84. The van der Waals surface area contributed by atoms with Crippen LogP contribution in [-0.4, -0.2) is 89.4 Å². The maximum Gasteiger partial charge on any atom is 0.317 e. The third-order valence-corrected chi connectivity index (χ3v) is 7.11. The molecule has 0 spiro atoms. The Morgan fingerprint density at radius 2 is 1.81 bits per heavy atom. The van der Waals surface area contributed by atoms with E-state index >= 15 is 0 Å². The van der Waals surface area contributed by atoms with E-state index in [0.29, 0.717) is 19.4 Å². The van der Waals surface area contributed by atoms with Crippen LogP contribution in [0.1, 0.15) is 32.3 Å². The minimum atomic E-state index is -0.970. The molecule has 11 heteroatoms. The van der Waals surface area contributed by atoms with Gasteiger partial charge in [0.15, 0.2) is 0 Å². The van der Waals surface area contributed by atoms with Crippen LogP contribution in [0.15, 0.2) is 30.5 Å². The molecule has 1 aromatic carbocycles. The smallest absolute Gasteiger partial charge is 0.317 e. The average Bonchev–Trinajstić information content (AvgIpc) is 3.30. The van der Waals surface area contributed by atoms with Crippen LogP contribution in [0.2, 0.25) is 0 Å². The average molecular weight is 512 g/mol. The Balaban J connectivity index is 1.53. The first-order chi connectivity index (χ1) is 17.7. The molecule has 2 fully saturated rings. The first-order valence-electron chi connectivity index (χ1n) is 13.0. The van der Waals surface area contributed by atoms with Gasteiger partial charge >= 0.3 is 6.03 Å². The predicted octanol–water partition coefficient (Wildman–Crippen LogP) is 0.311. The van der Waals surface area contributed by atoms with E-state index in [9.17, 15) is 19.2 Å². The van der Waals surface area contributed by atoms with Gasteiger partial charge in [-0.2, -0.15) is 0 Å². The number of piperazine rings is 1. The van der Waals surface area contributed by atoms with Gasteiger partial charge in [0.25, 0.3) is 0 Å². The minimum absolute atomic E-state index is 0.0413. The highest BCUT2D eigenvalue weighted by molar-refractivity contribution is 5.93. The summed E-state index contributed by atoms with van der Waals surface area (Å²) in [5, 5.41) is 9.83. The van der Waals surface area contributed by atoms with E-state index in [1.54, 1.807) is 16.0 Å². The van der Waals surface area contributed by atoms with Crippen LogP contribution in [-0.2, 0) is 20.8 Å². The number of nitrogens with two attached hydrogens (primary N) is 1. The predicted molar refractivity (Wildman–Crippen MR) is 139 cm³/mol. The molecule has 6 N–H and O–H groups in total. The van der Waals surface area contributed by atoms with Gasteiger partial charge in [-0.05, 0) is 51.4 Å². The zero-order chi connectivity index (χ0) is 26.5. The monoisotopic (exact) mass is 511 g/mol. The van der Waals surface area contributed by atoms with E-state index in [2.05, 4.69) is 20.9 Å². The van der Waals surface area contributed by atoms with Crippen molar-refractivity contribution in [3.8, 4) is 0 Å². The van der Waals surface area contributed by atoms with Crippen LogP contribution < -0.4 is 21.7 Å². The molecule has 2 atom stereocenters. The molecule has 1 aromatic heterocycles. The summed E-state index contributed by atoms with van der Waals surface area (Å²) in [4.78, 5) is 58.4. The molecule has 2 aliphatic rings. The number of aromatic nitrogens is 1. The molecule has 11 nitrogen and oxygen atoms in total. The molecule has 3 heterocycles. The second-order valence-corrected chi connectivity index (χ2v) is 10.1. The number of hydrogen-bond acceptors (Lipinski definition) is 5. The lowest BCUT2D eigenvalue weighted by molar-refractivity contribution is -0.147. The van der Waals surface area contributed by atoms with Gasteiger partial charge in [-0.1, -0.05) is 18.2 Å². The molecule has 37 heavy (non-hydrogen) atoms. The summed E-state index contributed by atoms with van der Waals surface area (Å²) in [5.41, 5.74) is 7.46. The quantitative estimate of drug-likeness (QED) is 0.362. The van der Waals surface area contributed by atoms with Gasteiger partial charge in [0.2, 0.25) is 17.7 Å².